The predicted octanol–water partition coefficient (Wildman–Crippen LogP) is 1.83. The molecule has 14 heavy (non-hydrogen) atoms. The number of rotatable bonds is 5. The van der Waals surface area contributed by atoms with Crippen molar-refractivity contribution in [1.82, 2.24) is 0 Å². The molecule has 0 spiro atoms. The van der Waals surface area contributed by atoms with Crippen LogP contribution in [-0.4, -0.2) is 22.9 Å². The van der Waals surface area contributed by atoms with Crippen molar-refractivity contribution in [3.63, 3.8) is 0 Å². The quantitative estimate of drug-likeness (QED) is 0.747. The van der Waals surface area contributed by atoms with Crippen molar-refractivity contribution in [2.45, 2.75) is 18.9 Å². The maximum Gasteiger partial charge on any atom is 0.0725 e. The monoisotopic (exact) mass is 192 g/mol. The Morgan fingerprint density at radius 3 is 2.57 bits per heavy atom. The number of aliphatic hydroxyl groups excluding tert-OH is 2. The van der Waals surface area contributed by atoms with Gasteiger partial charge in [-0.25, -0.2) is 0 Å². The van der Waals surface area contributed by atoms with Gasteiger partial charge in [0.25, 0.3) is 0 Å². The van der Waals surface area contributed by atoms with Crippen LogP contribution in [0.3, 0.4) is 0 Å². The lowest BCUT2D eigenvalue weighted by Crippen LogP contribution is -2.02. The normalized spacial score (nSPS) is 13.3. The van der Waals surface area contributed by atoms with Gasteiger partial charge in [-0.2, -0.15) is 0 Å². The summed E-state index contributed by atoms with van der Waals surface area (Å²) in [5, 5.41) is 18.0. The van der Waals surface area contributed by atoms with Crippen molar-refractivity contribution in [3.05, 3.63) is 42.0 Å². The van der Waals surface area contributed by atoms with E-state index in [1.165, 1.54) is 0 Å². The molecule has 2 nitrogen and oxygen atoms in total. The largest absolute Gasteiger partial charge is 0.396 e. The van der Waals surface area contributed by atoms with Gasteiger partial charge in [0, 0.05) is 6.61 Å². The lowest BCUT2D eigenvalue weighted by atomic mass is 10.1. The fourth-order valence-corrected chi connectivity index (χ4v) is 1.18. The number of aliphatic hydroxyl groups is 2. The highest BCUT2D eigenvalue weighted by Gasteiger charge is 1.96. The predicted molar refractivity (Wildman–Crippen MR) is 57.8 cm³/mol. The van der Waals surface area contributed by atoms with Crippen LogP contribution in [0.2, 0.25) is 0 Å². The lowest BCUT2D eigenvalue weighted by Gasteiger charge is -2.02. The summed E-state index contributed by atoms with van der Waals surface area (Å²) in [5.41, 5.74) is 1.08. The van der Waals surface area contributed by atoms with Crippen LogP contribution >= 0.6 is 0 Å². The standard InChI is InChI=1S/C12H16O2/c13-10-4-7-12(14)9-8-11-5-2-1-3-6-11/h1-3,5-6,8-9,12-14H,4,7,10H2/b9-8+. The molecule has 76 valence electrons. The molecule has 1 atom stereocenters. The SMILES string of the molecule is OCCCC(O)/C=C/c1ccccc1. The molecular weight excluding hydrogens is 176 g/mol. The zero-order valence-corrected chi connectivity index (χ0v) is 8.13. The second kappa shape index (κ2) is 6.35. The molecule has 1 aromatic carbocycles. The first-order chi connectivity index (χ1) is 6.83. The van der Waals surface area contributed by atoms with Gasteiger partial charge in [-0.3, -0.25) is 0 Å². The van der Waals surface area contributed by atoms with E-state index in [0.717, 1.165) is 5.56 Å². The summed E-state index contributed by atoms with van der Waals surface area (Å²) in [7, 11) is 0. The fourth-order valence-electron chi connectivity index (χ4n) is 1.18. The summed E-state index contributed by atoms with van der Waals surface area (Å²) in [5.74, 6) is 0. The second-order valence-corrected chi connectivity index (χ2v) is 3.20. The third-order valence-electron chi connectivity index (χ3n) is 1.97. The van der Waals surface area contributed by atoms with Crippen LogP contribution in [0.5, 0.6) is 0 Å². The van der Waals surface area contributed by atoms with Crippen molar-refractivity contribution in [3.8, 4) is 0 Å². The molecule has 0 amide bonds. The van der Waals surface area contributed by atoms with Crippen LogP contribution in [0.4, 0.5) is 0 Å². The van der Waals surface area contributed by atoms with E-state index < -0.39 is 6.10 Å². The Morgan fingerprint density at radius 1 is 1.21 bits per heavy atom. The van der Waals surface area contributed by atoms with Crippen molar-refractivity contribution in [1.29, 1.82) is 0 Å². The van der Waals surface area contributed by atoms with E-state index >= 15 is 0 Å². The second-order valence-electron chi connectivity index (χ2n) is 3.20. The molecule has 0 aromatic heterocycles. The van der Waals surface area contributed by atoms with Crippen molar-refractivity contribution in [2.75, 3.05) is 6.61 Å². The summed E-state index contributed by atoms with van der Waals surface area (Å²) in [6, 6.07) is 9.84. The minimum absolute atomic E-state index is 0.135. The van der Waals surface area contributed by atoms with Gasteiger partial charge in [0.05, 0.1) is 6.10 Å². The van der Waals surface area contributed by atoms with Crippen LogP contribution in [0.25, 0.3) is 6.08 Å². The van der Waals surface area contributed by atoms with Crippen LogP contribution in [0.1, 0.15) is 18.4 Å². The molecule has 0 aliphatic rings. The van der Waals surface area contributed by atoms with E-state index in [-0.39, 0.29) is 6.61 Å². The van der Waals surface area contributed by atoms with E-state index in [2.05, 4.69) is 0 Å². The van der Waals surface area contributed by atoms with Crippen LogP contribution in [0, 0.1) is 0 Å². The van der Waals surface area contributed by atoms with Crippen LogP contribution in [0.15, 0.2) is 36.4 Å². The highest BCUT2D eigenvalue weighted by molar-refractivity contribution is 5.49. The molecule has 0 saturated heterocycles. The van der Waals surface area contributed by atoms with Gasteiger partial charge in [0.1, 0.15) is 0 Å². The van der Waals surface area contributed by atoms with Crippen molar-refractivity contribution in [2.24, 2.45) is 0 Å². The van der Waals surface area contributed by atoms with Gasteiger partial charge >= 0.3 is 0 Å². The van der Waals surface area contributed by atoms with Crippen LogP contribution < -0.4 is 0 Å². The van der Waals surface area contributed by atoms with E-state index in [0.29, 0.717) is 12.8 Å². The van der Waals surface area contributed by atoms with Gasteiger partial charge in [0.15, 0.2) is 0 Å². The average Bonchev–Trinajstić information content (AvgIpc) is 2.25. The molecule has 0 aliphatic heterocycles. The first-order valence-electron chi connectivity index (χ1n) is 4.85. The van der Waals surface area contributed by atoms with Crippen molar-refractivity contribution >= 4 is 6.08 Å². The Kier molecular flexibility index (Phi) is 4.97. The Hall–Kier alpha value is -1.12. The Bertz CT molecular complexity index is 267. The summed E-state index contributed by atoms with van der Waals surface area (Å²) in [4.78, 5) is 0. The molecule has 2 heteroatoms. The summed E-state index contributed by atoms with van der Waals surface area (Å²) in [6.45, 7) is 0.135. The maximum absolute atomic E-state index is 9.44. The minimum atomic E-state index is -0.456. The molecule has 1 aromatic rings. The Balaban J connectivity index is 2.39. The van der Waals surface area contributed by atoms with E-state index in [1.54, 1.807) is 6.08 Å². The molecular formula is C12H16O2. The minimum Gasteiger partial charge on any atom is -0.396 e. The first-order valence-corrected chi connectivity index (χ1v) is 4.85. The first kappa shape index (κ1) is 11.0. The van der Waals surface area contributed by atoms with Crippen LogP contribution in [-0.2, 0) is 0 Å². The van der Waals surface area contributed by atoms with E-state index in [1.807, 2.05) is 36.4 Å². The Labute approximate surface area is 84.5 Å². The average molecular weight is 192 g/mol. The van der Waals surface area contributed by atoms with Gasteiger partial charge in [-0.05, 0) is 18.4 Å². The number of hydrogen-bond acceptors (Lipinski definition) is 2. The smallest absolute Gasteiger partial charge is 0.0725 e. The lowest BCUT2D eigenvalue weighted by molar-refractivity contribution is 0.191. The molecule has 1 unspecified atom stereocenters. The highest BCUT2D eigenvalue weighted by atomic mass is 16.3. The van der Waals surface area contributed by atoms with Gasteiger partial charge in [0.2, 0.25) is 0 Å². The van der Waals surface area contributed by atoms with Gasteiger partial charge in [-0.1, -0.05) is 42.5 Å². The van der Waals surface area contributed by atoms with Crippen molar-refractivity contribution < 1.29 is 10.2 Å². The fraction of sp³-hybridized carbons (Fsp3) is 0.333. The summed E-state index contributed by atoms with van der Waals surface area (Å²) < 4.78 is 0. The maximum atomic E-state index is 9.44. The van der Waals surface area contributed by atoms with E-state index in [4.69, 9.17) is 5.11 Å². The zero-order valence-electron chi connectivity index (χ0n) is 8.13. The molecule has 2 N–H and O–H groups in total. The molecule has 0 heterocycles. The zero-order chi connectivity index (χ0) is 10.2. The molecule has 0 bridgehead atoms. The molecule has 0 fully saturated rings. The molecule has 0 aliphatic carbocycles. The number of benzene rings is 1. The van der Waals surface area contributed by atoms with Gasteiger partial charge in [-0.15, -0.1) is 0 Å². The highest BCUT2D eigenvalue weighted by Crippen LogP contribution is 2.04. The topological polar surface area (TPSA) is 40.5 Å². The molecule has 0 saturated carbocycles. The van der Waals surface area contributed by atoms with Gasteiger partial charge < -0.3 is 10.2 Å². The molecule has 1 rings (SSSR count). The van der Waals surface area contributed by atoms with E-state index in [9.17, 15) is 5.11 Å². The third-order valence-corrected chi connectivity index (χ3v) is 1.97. The third kappa shape index (κ3) is 4.21. The molecule has 0 radical (unpaired) electrons. The Morgan fingerprint density at radius 2 is 1.93 bits per heavy atom. The summed E-state index contributed by atoms with van der Waals surface area (Å²) >= 11 is 0. The number of hydrogen-bond donors (Lipinski definition) is 2. The summed E-state index contributed by atoms with van der Waals surface area (Å²) in [6.07, 6.45) is 4.44.